The summed E-state index contributed by atoms with van der Waals surface area (Å²) in [5, 5.41) is 0. The van der Waals surface area contributed by atoms with Gasteiger partial charge in [0.05, 0.1) is 7.11 Å². The van der Waals surface area contributed by atoms with Crippen LogP contribution < -0.4 is 4.74 Å². The smallest absolute Gasteiger partial charge is 0.140 e. The van der Waals surface area contributed by atoms with Crippen LogP contribution in [0.15, 0.2) is 60.9 Å². The summed E-state index contributed by atoms with van der Waals surface area (Å²) in [7, 11) is 1.72. The molecule has 0 fully saturated rings. The van der Waals surface area contributed by atoms with Crippen molar-refractivity contribution >= 4 is 0 Å². The van der Waals surface area contributed by atoms with E-state index in [-0.39, 0.29) is 0 Å². The van der Waals surface area contributed by atoms with Crippen LogP contribution >= 0.6 is 0 Å². The first-order valence-electron chi connectivity index (χ1n) is 11.1. The molecule has 0 amide bonds. The molecule has 2 aromatic carbocycles. The van der Waals surface area contributed by atoms with Gasteiger partial charge in [-0.3, -0.25) is 0 Å². The number of nitrogens with zero attached hydrogens (tertiary/aromatic N) is 2. The molecular formula is C26H34N2O. The molecule has 3 heteroatoms. The summed E-state index contributed by atoms with van der Waals surface area (Å²) in [4.78, 5) is 4.70. The van der Waals surface area contributed by atoms with Crippen molar-refractivity contribution in [2.24, 2.45) is 0 Å². The number of hydrogen-bond acceptors (Lipinski definition) is 2. The second-order valence-corrected chi connectivity index (χ2v) is 7.70. The highest BCUT2D eigenvalue weighted by Gasteiger charge is 2.13. The molecule has 3 rings (SSSR count). The summed E-state index contributed by atoms with van der Waals surface area (Å²) in [5.41, 5.74) is 3.52. The molecule has 0 atom stereocenters. The molecule has 0 bridgehead atoms. The van der Waals surface area contributed by atoms with E-state index in [1.165, 1.54) is 62.5 Å². The maximum Gasteiger partial charge on any atom is 0.140 e. The Kier molecular flexibility index (Phi) is 8.36. The highest BCUT2D eigenvalue weighted by Crippen LogP contribution is 2.34. The fraction of sp³-hybridized carbons (Fsp3) is 0.423. The Balaban J connectivity index is 1.69. The van der Waals surface area contributed by atoms with Gasteiger partial charge in [-0.15, -0.1) is 0 Å². The van der Waals surface area contributed by atoms with Gasteiger partial charge in [0.1, 0.15) is 11.6 Å². The molecule has 29 heavy (non-hydrogen) atoms. The minimum absolute atomic E-state index is 0.862. The monoisotopic (exact) mass is 390 g/mol. The van der Waals surface area contributed by atoms with E-state index in [4.69, 9.17) is 9.72 Å². The van der Waals surface area contributed by atoms with Crippen molar-refractivity contribution in [3.8, 4) is 28.3 Å². The van der Waals surface area contributed by atoms with Crippen molar-refractivity contribution in [2.45, 2.75) is 64.8 Å². The Morgan fingerprint density at radius 2 is 1.55 bits per heavy atom. The maximum absolute atomic E-state index is 5.50. The summed E-state index contributed by atoms with van der Waals surface area (Å²) >= 11 is 0. The lowest BCUT2D eigenvalue weighted by atomic mass is 9.98. The van der Waals surface area contributed by atoms with Crippen molar-refractivity contribution in [2.75, 3.05) is 7.11 Å². The van der Waals surface area contributed by atoms with Gasteiger partial charge < -0.3 is 9.30 Å². The standard InChI is InChI=1S/C26H34N2O/c1-3-4-5-6-7-8-9-13-19-28-20-18-27-26(28)25-21-23(29-2)16-17-24(25)22-14-11-10-12-15-22/h10-12,14-18,20-21H,3-9,13,19H2,1-2H3. The minimum atomic E-state index is 0.862. The van der Waals surface area contributed by atoms with E-state index in [9.17, 15) is 0 Å². The molecule has 3 nitrogen and oxygen atoms in total. The largest absolute Gasteiger partial charge is 0.497 e. The lowest BCUT2D eigenvalue weighted by Gasteiger charge is -2.14. The van der Waals surface area contributed by atoms with E-state index in [2.05, 4.69) is 60.2 Å². The quantitative estimate of drug-likeness (QED) is 0.302. The average molecular weight is 391 g/mol. The molecule has 0 aliphatic rings. The first-order chi connectivity index (χ1) is 14.3. The van der Waals surface area contributed by atoms with Crippen LogP contribution in [0.1, 0.15) is 58.3 Å². The van der Waals surface area contributed by atoms with Crippen LogP contribution in [0.25, 0.3) is 22.5 Å². The second kappa shape index (κ2) is 11.5. The van der Waals surface area contributed by atoms with Crippen LogP contribution in [0, 0.1) is 0 Å². The number of ether oxygens (including phenoxy) is 1. The molecule has 0 saturated carbocycles. The first-order valence-corrected chi connectivity index (χ1v) is 11.1. The third-order valence-corrected chi connectivity index (χ3v) is 5.52. The molecule has 0 aliphatic heterocycles. The van der Waals surface area contributed by atoms with Gasteiger partial charge in [0.25, 0.3) is 0 Å². The highest BCUT2D eigenvalue weighted by atomic mass is 16.5. The van der Waals surface area contributed by atoms with Crippen molar-refractivity contribution in [1.29, 1.82) is 0 Å². The van der Waals surface area contributed by atoms with Gasteiger partial charge in [0.2, 0.25) is 0 Å². The zero-order valence-corrected chi connectivity index (χ0v) is 17.9. The van der Waals surface area contributed by atoms with E-state index >= 15 is 0 Å². The Bertz CT molecular complexity index is 854. The zero-order chi connectivity index (χ0) is 20.3. The van der Waals surface area contributed by atoms with Crippen LogP contribution in [0.2, 0.25) is 0 Å². The van der Waals surface area contributed by atoms with Crippen LogP contribution in [0.4, 0.5) is 0 Å². The topological polar surface area (TPSA) is 27.1 Å². The predicted octanol–water partition coefficient (Wildman–Crippen LogP) is 7.37. The number of benzene rings is 2. The number of rotatable bonds is 12. The van der Waals surface area contributed by atoms with E-state index in [0.717, 1.165) is 23.7 Å². The molecule has 1 heterocycles. The van der Waals surface area contributed by atoms with Gasteiger partial charge in [0, 0.05) is 24.5 Å². The number of aryl methyl sites for hydroxylation is 1. The number of unbranched alkanes of at least 4 members (excludes halogenated alkanes) is 7. The third-order valence-electron chi connectivity index (χ3n) is 5.52. The van der Waals surface area contributed by atoms with E-state index in [1.54, 1.807) is 7.11 Å². The molecule has 154 valence electrons. The number of aromatic nitrogens is 2. The van der Waals surface area contributed by atoms with E-state index in [1.807, 2.05) is 12.3 Å². The fourth-order valence-corrected chi connectivity index (χ4v) is 3.85. The minimum Gasteiger partial charge on any atom is -0.497 e. The SMILES string of the molecule is CCCCCCCCCCn1ccnc1-c1cc(OC)ccc1-c1ccccc1. The predicted molar refractivity (Wildman–Crippen MR) is 122 cm³/mol. The summed E-state index contributed by atoms with van der Waals surface area (Å²) in [6, 6.07) is 16.8. The third kappa shape index (κ3) is 5.96. The lowest BCUT2D eigenvalue weighted by Crippen LogP contribution is -2.01. The molecule has 1 aromatic heterocycles. The van der Waals surface area contributed by atoms with Gasteiger partial charge in [-0.2, -0.15) is 0 Å². The van der Waals surface area contributed by atoms with Crippen molar-refractivity contribution in [3.63, 3.8) is 0 Å². The average Bonchev–Trinajstić information content (AvgIpc) is 3.24. The Morgan fingerprint density at radius 3 is 2.28 bits per heavy atom. The van der Waals surface area contributed by atoms with Gasteiger partial charge in [-0.25, -0.2) is 4.98 Å². The highest BCUT2D eigenvalue weighted by molar-refractivity contribution is 5.81. The number of methoxy groups -OCH3 is 1. The molecule has 0 spiro atoms. The molecular weight excluding hydrogens is 356 g/mol. The summed E-state index contributed by atoms with van der Waals surface area (Å²) < 4.78 is 7.79. The Hall–Kier alpha value is -2.55. The van der Waals surface area contributed by atoms with E-state index < -0.39 is 0 Å². The summed E-state index contributed by atoms with van der Waals surface area (Å²) in [5.74, 6) is 1.88. The maximum atomic E-state index is 5.50. The Morgan fingerprint density at radius 1 is 0.828 bits per heavy atom. The normalized spacial score (nSPS) is 11.0. The van der Waals surface area contributed by atoms with Gasteiger partial charge >= 0.3 is 0 Å². The van der Waals surface area contributed by atoms with Crippen LogP contribution in [-0.2, 0) is 6.54 Å². The summed E-state index contributed by atoms with van der Waals surface area (Å²) in [6.07, 6.45) is 14.7. The number of imidazole rings is 1. The molecule has 0 unspecified atom stereocenters. The second-order valence-electron chi connectivity index (χ2n) is 7.70. The molecule has 0 aliphatic carbocycles. The lowest BCUT2D eigenvalue weighted by molar-refractivity contribution is 0.415. The Labute approximate surface area is 175 Å². The molecule has 0 saturated heterocycles. The fourth-order valence-electron chi connectivity index (χ4n) is 3.85. The molecule has 0 radical (unpaired) electrons. The van der Waals surface area contributed by atoms with Gasteiger partial charge in [-0.05, 0) is 35.7 Å². The van der Waals surface area contributed by atoms with Gasteiger partial charge in [-0.1, -0.05) is 82.2 Å². The molecule has 3 aromatic rings. The van der Waals surface area contributed by atoms with Crippen LogP contribution in [0.5, 0.6) is 5.75 Å². The first kappa shape index (κ1) is 21.2. The summed E-state index contributed by atoms with van der Waals surface area (Å²) in [6.45, 7) is 3.28. The van der Waals surface area contributed by atoms with Gasteiger partial charge in [0.15, 0.2) is 0 Å². The van der Waals surface area contributed by atoms with Crippen molar-refractivity contribution in [1.82, 2.24) is 9.55 Å². The van der Waals surface area contributed by atoms with Crippen molar-refractivity contribution < 1.29 is 4.74 Å². The van der Waals surface area contributed by atoms with Crippen LogP contribution in [-0.4, -0.2) is 16.7 Å². The molecule has 0 N–H and O–H groups in total. The van der Waals surface area contributed by atoms with Crippen molar-refractivity contribution in [3.05, 3.63) is 60.9 Å². The zero-order valence-electron chi connectivity index (χ0n) is 17.9. The van der Waals surface area contributed by atoms with Crippen LogP contribution in [0.3, 0.4) is 0 Å². The van der Waals surface area contributed by atoms with E-state index in [0.29, 0.717) is 0 Å². The number of hydrogen-bond donors (Lipinski definition) is 0.